The molecule has 1 heterocycles. The van der Waals surface area contributed by atoms with E-state index in [-0.39, 0.29) is 24.1 Å². The number of ether oxygens (including phenoxy) is 1. The standard InChI is InChI=1S/C20H20FN3O2/c1-24-11-10-22-20(24)19(15-6-4-3-5-7-15)23-18(25)13-14-8-9-17(26-2)16(21)12-14/h3-12,19H,13H2,1-2H3,(H,23,25)/t19-/m0/s1. The fourth-order valence-corrected chi connectivity index (χ4v) is 2.82. The Hall–Kier alpha value is -3.15. The zero-order valence-electron chi connectivity index (χ0n) is 14.6. The lowest BCUT2D eigenvalue weighted by molar-refractivity contribution is -0.121. The Balaban J connectivity index is 1.80. The number of nitrogens with zero attached hydrogens (tertiary/aromatic N) is 2. The molecule has 3 aromatic rings. The molecule has 134 valence electrons. The van der Waals surface area contributed by atoms with Crippen molar-refractivity contribution in [2.24, 2.45) is 7.05 Å². The Labute approximate surface area is 151 Å². The van der Waals surface area contributed by atoms with Crippen molar-refractivity contribution in [2.75, 3.05) is 7.11 Å². The van der Waals surface area contributed by atoms with Gasteiger partial charge >= 0.3 is 0 Å². The van der Waals surface area contributed by atoms with Crippen LogP contribution in [0.2, 0.25) is 0 Å². The third-order valence-electron chi connectivity index (χ3n) is 4.14. The van der Waals surface area contributed by atoms with Crippen molar-refractivity contribution < 1.29 is 13.9 Å². The zero-order chi connectivity index (χ0) is 18.5. The van der Waals surface area contributed by atoms with E-state index in [1.54, 1.807) is 12.3 Å². The summed E-state index contributed by atoms with van der Waals surface area (Å²) < 4.78 is 20.6. The number of amides is 1. The molecule has 0 saturated heterocycles. The van der Waals surface area contributed by atoms with Crippen molar-refractivity contribution in [1.82, 2.24) is 14.9 Å². The molecular formula is C20H20FN3O2. The summed E-state index contributed by atoms with van der Waals surface area (Å²) in [6.07, 6.45) is 3.58. The number of benzene rings is 2. The van der Waals surface area contributed by atoms with Crippen LogP contribution < -0.4 is 10.1 Å². The van der Waals surface area contributed by atoms with E-state index >= 15 is 0 Å². The van der Waals surface area contributed by atoms with Gasteiger partial charge < -0.3 is 14.6 Å². The maximum Gasteiger partial charge on any atom is 0.225 e. The van der Waals surface area contributed by atoms with E-state index in [2.05, 4.69) is 10.3 Å². The Bertz CT molecular complexity index is 893. The van der Waals surface area contributed by atoms with Gasteiger partial charge in [0.05, 0.1) is 13.5 Å². The second-order valence-corrected chi connectivity index (χ2v) is 5.95. The predicted octanol–water partition coefficient (Wildman–Crippen LogP) is 3.02. The minimum atomic E-state index is -0.485. The smallest absolute Gasteiger partial charge is 0.225 e. The normalized spacial score (nSPS) is 11.8. The van der Waals surface area contributed by atoms with E-state index in [0.717, 1.165) is 11.4 Å². The lowest BCUT2D eigenvalue weighted by atomic mass is 10.1. The van der Waals surface area contributed by atoms with Gasteiger partial charge in [-0.25, -0.2) is 9.37 Å². The summed E-state index contributed by atoms with van der Waals surface area (Å²) in [6.45, 7) is 0. The largest absolute Gasteiger partial charge is 0.494 e. The Kier molecular flexibility index (Phi) is 5.31. The average Bonchev–Trinajstić information content (AvgIpc) is 3.06. The van der Waals surface area contributed by atoms with Crippen molar-refractivity contribution in [1.29, 1.82) is 0 Å². The molecule has 0 saturated carbocycles. The molecular weight excluding hydrogens is 333 g/mol. The number of imidazole rings is 1. The zero-order valence-corrected chi connectivity index (χ0v) is 14.6. The number of hydrogen-bond donors (Lipinski definition) is 1. The topological polar surface area (TPSA) is 56.1 Å². The maximum absolute atomic E-state index is 13.8. The van der Waals surface area contributed by atoms with Crippen molar-refractivity contribution in [3.8, 4) is 5.75 Å². The SMILES string of the molecule is COc1ccc(CC(=O)N[C@@H](c2ccccc2)c2nccn2C)cc1F. The monoisotopic (exact) mass is 353 g/mol. The number of rotatable bonds is 6. The Morgan fingerprint density at radius 2 is 2.04 bits per heavy atom. The molecule has 0 bridgehead atoms. The number of carbonyl (C=O) groups is 1. The molecule has 1 aromatic heterocycles. The minimum Gasteiger partial charge on any atom is -0.494 e. The molecule has 26 heavy (non-hydrogen) atoms. The van der Waals surface area contributed by atoms with Gasteiger partial charge in [0.25, 0.3) is 0 Å². The highest BCUT2D eigenvalue weighted by molar-refractivity contribution is 5.79. The van der Waals surface area contributed by atoms with E-state index in [9.17, 15) is 9.18 Å². The van der Waals surface area contributed by atoms with Crippen LogP contribution in [-0.2, 0) is 18.3 Å². The molecule has 3 rings (SSSR count). The Morgan fingerprint density at radius 1 is 1.27 bits per heavy atom. The molecule has 6 heteroatoms. The van der Waals surface area contributed by atoms with Gasteiger partial charge in [0.2, 0.25) is 5.91 Å². The van der Waals surface area contributed by atoms with Crippen LogP contribution >= 0.6 is 0 Å². The quantitative estimate of drug-likeness (QED) is 0.741. The number of carbonyl (C=O) groups excluding carboxylic acids is 1. The molecule has 0 radical (unpaired) electrons. The van der Waals surface area contributed by atoms with Crippen molar-refractivity contribution in [3.05, 3.63) is 83.7 Å². The van der Waals surface area contributed by atoms with Gasteiger partial charge in [0.15, 0.2) is 11.6 Å². The van der Waals surface area contributed by atoms with Crippen molar-refractivity contribution in [3.63, 3.8) is 0 Å². The molecule has 0 aliphatic carbocycles. The van der Waals surface area contributed by atoms with E-state index in [4.69, 9.17) is 4.74 Å². The maximum atomic E-state index is 13.8. The molecule has 1 atom stereocenters. The van der Waals surface area contributed by atoms with Gasteiger partial charge in [0.1, 0.15) is 11.9 Å². The van der Waals surface area contributed by atoms with Crippen LogP contribution in [0.4, 0.5) is 4.39 Å². The fourth-order valence-electron chi connectivity index (χ4n) is 2.82. The summed E-state index contributed by atoms with van der Waals surface area (Å²) >= 11 is 0. The highest BCUT2D eigenvalue weighted by Gasteiger charge is 2.20. The van der Waals surface area contributed by atoms with Crippen LogP contribution in [0.25, 0.3) is 0 Å². The molecule has 0 unspecified atom stereocenters. The van der Waals surface area contributed by atoms with Crippen LogP contribution in [0, 0.1) is 5.82 Å². The van der Waals surface area contributed by atoms with Crippen LogP contribution in [0.1, 0.15) is 23.0 Å². The van der Waals surface area contributed by atoms with E-state index in [1.807, 2.05) is 48.1 Å². The van der Waals surface area contributed by atoms with Gasteiger partial charge in [-0.15, -0.1) is 0 Å². The first-order valence-electron chi connectivity index (χ1n) is 8.22. The summed E-state index contributed by atoms with van der Waals surface area (Å²) in [4.78, 5) is 16.9. The molecule has 1 N–H and O–H groups in total. The molecule has 5 nitrogen and oxygen atoms in total. The van der Waals surface area contributed by atoms with E-state index in [1.165, 1.54) is 19.2 Å². The predicted molar refractivity (Wildman–Crippen MR) is 96.3 cm³/mol. The number of aromatic nitrogens is 2. The third-order valence-corrected chi connectivity index (χ3v) is 4.14. The van der Waals surface area contributed by atoms with Gasteiger partial charge in [-0.3, -0.25) is 4.79 Å². The van der Waals surface area contributed by atoms with Crippen molar-refractivity contribution >= 4 is 5.91 Å². The first-order chi connectivity index (χ1) is 12.6. The summed E-state index contributed by atoms with van der Waals surface area (Å²) in [5.41, 5.74) is 1.50. The summed E-state index contributed by atoms with van der Waals surface area (Å²) in [5, 5.41) is 3.00. The summed E-state index contributed by atoms with van der Waals surface area (Å²) in [5.74, 6) is 0.183. The summed E-state index contributed by atoms with van der Waals surface area (Å²) in [7, 11) is 3.28. The second-order valence-electron chi connectivity index (χ2n) is 5.95. The first-order valence-corrected chi connectivity index (χ1v) is 8.22. The molecule has 0 fully saturated rings. The highest BCUT2D eigenvalue weighted by atomic mass is 19.1. The van der Waals surface area contributed by atoms with Crippen molar-refractivity contribution in [2.45, 2.75) is 12.5 Å². The van der Waals surface area contributed by atoms with Crippen LogP contribution in [0.3, 0.4) is 0 Å². The number of halogens is 1. The molecule has 0 spiro atoms. The van der Waals surface area contributed by atoms with E-state index < -0.39 is 5.82 Å². The lowest BCUT2D eigenvalue weighted by Crippen LogP contribution is -2.32. The Morgan fingerprint density at radius 3 is 2.65 bits per heavy atom. The number of hydrogen-bond acceptors (Lipinski definition) is 3. The fraction of sp³-hybridized carbons (Fsp3) is 0.200. The second kappa shape index (κ2) is 7.82. The van der Waals surface area contributed by atoms with Crippen LogP contribution in [0.15, 0.2) is 60.9 Å². The number of methoxy groups -OCH3 is 1. The van der Waals surface area contributed by atoms with Crippen LogP contribution in [-0.4, -0.2) is 22.6 Å². The van der Waals surface area contributed by atoms with Gasteiger partial charge in [-0.05, 0) is 23.3 Å². The van der Waals surface area contributed by atoms with Gasteiger partial charge in [0, 0.05) is 19.4 Å². The minimum absolute atomic E-state index is 0.0642. The van der Waals surface area contributed by atoms with E-state index in [0.29, 0.717) is 5.56 Å². The first kappa shape index (κ1) is 17.7. The van der Waals surface area contributed by atoms with Gasteiger partial charge in [-0.1, -0.05) is 36.4 Å². The number of aryl methyl sites for hydroxylation is 1. The molecule has 0 aliphatic heterocycles. The number of nitrogens with one attached hydrogen (secondary N) is 1. The lowest BCUT2D eigenvalue weighted by Gasteiger charge is -2.19. The van der Waals surface area contributed by atoms with Gasteiger partial charge in [-0.2, -0.15) is 0 Å². The molecule has 1 amide bonds. The molecule has 2 aromatic carbocycles. The molecule has 0 aliphatic rings. The average molecular weight is 353 g/mol. The third kappa shape index (κ3) is 3.91. The highest BCUT2D eigenvalue weighted by Crippen LogP contribution is 2.21. The van der Waals surface area contributed by atoms with Crippen LogP contribution in [0.5, 0.6) is 5.75 Å². The summed E-state index contributed by atoms with van der Waals surface area (Å²) in [6, 6.07) is 13.8.